The molecule has 1 saturated heterocycles. The molecule has 7 heteroatoms. The van der Waals surface area contributed by atoms with Crippen LogP contribution >= 0.6 is 11.8 Å². The normalized spacial score (nSPS) is 20.4. The Balaban J connectivity index is 1.65. The van der Waals surface area contributed by atoms with Crippen molar-refractivity contribution in [1.29, 1.82) is 0 Å². The Kier molecular flexibility index (Phi) is 6.42. The number of thioether (sulfide) groups is 1. The van der Waals surface area contributed by atoms with Crippen LogP contribution in [0, 0.1) is 0 Å². The zero-order valence-electron chi connectivity index (χ0n) is 16.7. The maximum absolute atomic E-state index is 5.80. The Morgan fingerprint density at radius 3 is 2.57 bits per heavy atom. The van der Waals surface area contributed by atoms with E-state index in [-0.39, 0.29) is 0 Å². The monoisotopic (exact) mass is 403 g/mol. The van der Waals surface area contributed by atoms with Gasteiger partial charge in [-0.2, -0.15) is 0 Å². The summed E-state index contributed by atoms with van der Waals surface area (Å²) < 4.78 is 19.0. The summed E-state index contributed by atoms with van der Waals surface area (Å²) in [6.07, 6.45) is 8.88. The highest BCUT2D eigenvalue weighted by atomic mass is 32.2. The first kappa shape index (κ1) is 19.6. The summed E-state index contributed by atoms with van der Waals surface area (Å²) in [5, 5.41) is 10.2. The van der Waals surface area contributed by atoms with E-state index in [1.54, 1.807) is 26.0 Å². The zero-order chi connectivity index (χ0) is 19.3. The molecule has 2 aliphatic rings. The molecule has 1 atom stereocenters. The maximum Gasteiger partial charge on any atom is 0.191 e. The third kappa shape index (κ3) is 4.15. The van der Waals surface area contributed by atoms with Crippen LogP contribution in [0.1, 0.15) is 51.0 Å². The van der Waals surface area contributed by atoms with Crippen LogP contribution in [0.15, 0.2) is 23.4 Å². The van der Waals surface area contributed by atoms with Crippen LogP contribution in [-0.4, -0.2) is 47.4 Å². The second-order valence-electron chi connectivity index (χ2n) is 7.48. The van der Waals surface area contributed by atoms with Crippen LogP contribution in [0.25, 0.3) is 11.4 Å². The SMILES string of the molecule is COc1ccc(-c2nnc(SC[C@H]3CCCO3)n2C2CCCCC2)cc1OC. The minimum Gasteiger partial charge on any atom is -0.493 e. The van der Waals surface area contributed by atoms with E-state index in [9.17, 15) is 0 Å². The van der Waals surface area contributed by atoms with Crippen molar-refractivity contribution in [2.75, 3.05) is 26.6 Å². The minimum atomic E-state index is 0.339. The molecule has 0 radical (unpaired) electrons. The highest BCUT2D eigenvalue weighted by molar-refractivity contribution is 7.99. The molecule has 1 aliphatic carbocycles. The fourth-order valence-electron chi connectivity index (χ4n) is 4.16. The molecule has 1 saturated carbocycles. The van der Waals surface area contributed by atoms with Crippen molar-refractivity contribution in [1.82, 2.24) is 14.8 Å². The van der Waals surface area contributed by atoms with Crippen molar-refractivity contribution in [2.24, 2.45) is 0 Å². The summed E-state index contributed by atoms with van der Waals surface area (Å²) in [6, 6.07) is 6.43. The fourth-order valence-corrected chi connectivity index (χ4v) is 5.23. The number of benzene rings is 1. The minimum absolute atomic E-state index is 0.339. The van der Waals surface area contributed by atoms with Gasteiger partial charge in [0.15, 0.2) is 22.5 Å². The second kappa shape index (κ2) is 9.18. The highest BCUT2D eigenvalue weighted by Crippen LogP contribution is 2.38. The molecule has 6 nitrogen and oxygen atoms in total. The lowest BCUT2D eigenvalue weighted by atomic mass is 9.95. The van der Waals surface area contributed by atoms with Gasteiger partial charge in [-0.15, -0.1) is 10.2 Å². The summed E-state index contributed by atoms with van der Waals surface area (Å²) in [7, 11) is 3.32. The molecule has 0 spiro atoms. The van der Waals surface area contributed by atoms with Gasteiger partial charge >= 0.3 is 0 Å². The lowest BCUT2D eigenvalue weighted by Gasteiger charge is -2.26. The molecule has 2 heterocycles. The van der Waals surface area contributed by atoms with Crippen molar-refractivity contribution in [3.05, 3.63) is 18.2 Å². The number of hydrogen-bond acceptors (Lipinski definition) is 6. The lowest BCUT2D eigenvalue weighted by molar-refractivity contribution is 0.129. The molecule has 2 aromatic rings. The Labute approximate surface area is 171 Å². The first-order chi connectivity index (χ1) is 13.8. The van der Waals surface area contributed by atoms with Crippen LogP contribution in [0.5, 0.6) is 11.5 Å². The van der Waals surface area contributed by atoms with Crippen molar-refractivity contribution in [3.8, 4) is 22.9 Å². The first-order valence-corrected chi connectivity index (χ1v) is 11.2. The Bertz CT molecular complexity index is 783. The van der Waals surface area contributed by atoms with Crippen LogP contribution in [0.2, 0.25) is 0 Å². The summed E-state index contributed by atoms with van der Waals surface area (Å²) in [4.78, 5) is 0. The molecule has 1 aromatic carbocycles. The summed E-state index contributed by atoms with van der Waals surface area (Å²) >= 11 is 1.78. The summed E-state index contributed by atoms with van der Waals surface area (Å²) in [5.41, 5.74) is 1.01. The summed E-state index contributed by atoms with van der Waals surface area (Å²) in [5.74, 6) is 3.30. The molecule has 0 bridgehead atoms. The third-order valence-corrected chi connectivity index (χ3v) is 6.74. The topological polar surface area (TPSA) is 58.4 Å². The average molecular weight is 404 g/mol. The van der Waals surface area contributed by atoms with E-state index in [2.05, 4.69) is 14.8 Å². The van der Waals surface area contributed by atoms with E-state index >= 15 is 0 Å². The Morgan fingerprint density at radius 2 is 1.86 bits per heavy atom. The zero-order valence-corrected chi connectivity index (χ0v) is 17.5. The van der Waals surface area contributed by atoms with Crippen molar-refractivity contribution < 1.29 is 14.2 Å². The summed E-state index contributed by atoms with van der Waals surface area (Å²) in [6.45, 7) is 0.886. The van der Waals surface area contributed by atoms with Gasteiger partial charge in [-0.25, -0.2) is 0 Å². The molecular weight excluding hydrogens is 374 g/mol. The van der Waals surface area contributed by atoms with E-state index in [0.717, 1.165) is 47.5 Å². The quantitative estimate of drug-likeness (QED) is 0.623. The van der Waals surface area contributed by atoms with Gasteiger partial charge in [-0.1, -0.05) is 31.0 Å². The largest absolute Gasteiger partial charge is 0.493 e. The third-order valence-electron chi connectivity index (χ3n) is 5.67. The molecule has 0 unspecified atom stereocenters. The Morgan fingerprint density at radius 1 is 1.04 bits per heavy atom. The molecule has 2 fully saturated rings. The van der Waals surface area contributed by atoms with E-state index in [4.69, 9.17) is 14.2 Å². The molecule has 152 valence electrons. The van der Waals surface area contributed by atoms with E-state index < -0.39 is 0 Å². The van der Waals surface area contributed by atoms with Crippen LogP contribution in [-0.2, 0) is 4.74 Å². The van der Waals surface area contributed by atoms with Crippen LogP contribution in [0.4, 0.5) is 0 Å². The van der Waals surface area contributed by atoms with Gasteiger partial charge < -0.3 is 14.2 Å². The number of ether oxygens (including phenoxy) is 3. The Hall–Kier alpha value is -1.73. The average Bonchev–Trinajstić information content (AvgIpc) is 3.42. The van der Waals surface area contributed by atoms with Gasteiger partial charge in [0.25, 0.3) is 0 Å². The number of methoxy groups -OCH3 is 2. The molecule has 1 aromatic heterocycles. The number of nitrogens with zero attached hydrogens (tertiary/aromatic N) is 3. The molecule has 4 rings (SSSR count). The highest BCUT2D eigenvalue weighted by Gasteiger charge is 2.25. The maximum atomic E-state index is 5.80. The predicted octanol–water partition coefficient (Wildman–Crippen LogP) is 4.74. The van der Waals surface area contributed by atoms with Crippen molar-refractivity contribution in [3.63, 3.8) is 0 Å². The van der Waals surface area contributed by atoms with Gasteiger partial charge in [0.05, 0.1) is 20.3 Å². The van der Waals surface area contributed by atoms with Crippen LogP contribution < -0.4 is 9.47 Å². The molecule has 28 heavy (non-hydrogen) atoms. The predicted molar refractivity (Wildman–Crippen MR) is 110 cm³/mol. The fraction of sp³-hybridized carbons (Fsp3) is 0.619. The standard InChI is InChI=1S/C21H29N3O3S/c1-25-18-11-10-15(13-19(18)26-2)20-22-23-21(28-14-17-9-6-12-27-17)24(20)16-7-4-3-5-8-16/h10-11,13,16-17H,3-9,12,14H2,1-2H3/t17-/m1/s1. The van der Waals surface area contributed by atoms with Crippen LogP contribution in [0.3, 0.4) is 0 Å². The van der Waals surface area contributed by atoms with E-state index in [0.29, 0.717) is 17.9 Å². The van der Waals surface area contributed by atoms with Gasteiger partial charge in [-0.3, -0.25) is 4.57 Å². The van der Waals surface area contributed by atoms with Gasteiger partial charge in [0, 0.05) is 24.0 Å². The number of rotatable bonds is 7. The molecule has 1 aliphatic heterocycles. The van der Waals surface area contributed by atoms with E-state index in [1.165, 1.54) is 32.1 Å². The molecular formula is C21H29N3O3S. The second-order valence-corrected chi connectivity index (χ2v) is 8.47. The lowest BCUT2D eigenvalue weighted by Crippen LogP contribution is -2.16. The molecule has 0 amide bonds. The van der Waals surface area contributed by atoms with Crippen molar-refractivity contribution in [2.45, 2.75) is 62.2 Å². The van der Waals surface area contributed by atoms with Crippen molar-refractivity contribution >= 4 is 11.8 Å². The first-order valence-electron chi connectivity index (χ1n) is 10.2. The smallest absolute Gasteiger partial charge is 0.191 e. The number of aromatic nitrogens is 3. The molecule has 0 N–H and O–H groups in total. The van der Waals surface area contributed by atoms with Gasteiger partial charge in [0.2, 0.25) is 0 Å². The van der Waals surface area contributed by atoms with Gasteiger partial charge in [-0.05, 0) is 43.9 Å². The number of hydrogen-bond donors (Lipinski definition) is 0. The van der Waals surface area contributed by atoms with Gasteiger partial charge in [0.1, 0.15) is 0 Å². The van der Waals surface area contributed by atoms with E-state index in [1.807, 2.05) is 18.2 Å².